The van der Waals surface area contributed by atoms with Gasteiger partial charge in [0.05, 0.1) is 22.4 Å². The number of hydrogen-bond acceptors (Lipinski definition) is 4. The van der Waals surface area contributed by atoms with E-state index >= 15 is 0 Å². The SMILES string of the molecule is CC(C)(C)c1cc(-c2ccccc2)cc(N2CN(c3cc(Oc4ccc5c6cc(C(C)(C)C)ccc6n(-c6cc(C(C)(C)C)ccn6)c5c4)cc(C(C)(C)c4ccccc4)c3)c3cc(C(C)(C)C)ccc32)c1. The second-order valence-electron chi connectivity index (χ2n) is 24.8. The Kier molecular flexibility index (Phi) is 11.8. The van der Waals surface area contributed by atoms with E-state index in [-0.39, 0.29) is 27.1 Å². The number of hydrogen-bond donors (Lipinski definition) is 0. The quantitative estimate of drug-likeness (QED) is 0.152. The van der Waals surface area contributed by atoms with Crippen LogP contribution in [-0.2, 0) is 27.1 Å². The lowest BCUT2D eigenvalue weighted by atomic mass is 9.78. The van der Waals surface area contributed by atoms with Crippen LogP contribution in [0, 0.1) is 0 Å². The molecule has 1 aliphatic heterocycles. The number of pyridine rings is 1. The maximum absolute atomic E-state index is 7.22. The van der Waals surface area contributed by atoms with E-state index in [1.54, 1.807) is 0 Å². The predicted molar refractivity (Wildman–Crippen MR) is 306 cm³/mol. The molecule has 0 N–H and O–H groups in total. The Hall–Kier alpha value is -7.11. The summed E-state index contributed by atoms with van der Waals surface area (Å²) in [7, 11) is 0. The summed E-state index contributed by atoms with van der Waals surface area (Å²) in [5, 5.41) is 2.37. The minimum absolute atomic E-state index is 0.00488. The van der Waals surface area contributed by atoms with E-state index in [4.69, 9.17) is 9.72 Å². The number of benzene rings is 7. The molecule has 10 rings (SSSR count). The third kappa shape index (κ3) is 9.19. The van der Waals surface area contributed by atoms with E-state index in [1.165, 1.54) is 72.3 Å². The molecular weight excluding hydrogens is 877 g/mol. The highest BCUT2D eigenvalue weighted by atomic mass is 16.5. The van der Waals surface area contributed by atoms with Gasteiger partial charge in [0.15, 0.2) is 0 Å². The van der Waals surface area contributed by atoms with Crippen LogP contribution in [-0.4, -0.2) is 16.2 Å². The summed E-state index contributed by atoms with van der Waals surface area (Å²) in [6, 6.07) is 60.6. The highest BCUT2D eigenvalue weighted by molar-refractivity contribution is 6.10. The Labute approximate surface area is 429 Å². The highest BCUT2D eigenvalue weighted by Crippen LogP contribution is 2.50. The minimum Gasteiger partial charge on any atom is -0.457 e. The van der Waals surface area contributed by atoms with Gasteiger partial charge in [0.2, 0.25) is 0 Å². The number of fused-ring (bicyclic) bond motifs is 4. The molecule has 72 heavy (non-hydrogen) atoms. The van der Waals surface area contributed by atoms with Crippen LogP contribution in [0.3, 0.4) is 0 Å². The van der Waals surface area contributed by atoms with Crippen LogP contribution in [0.2, 0.25) is 0 Å². The van der Waals surface area contributed by atoms with Crippen molar-refractivity contribution < 1.29 is 4.74 Å². The molecule has 0 unspecified atom stereocenters. The zero-order valence-electron chi connectivity index (χ0n) is 45.1. The number of nitrogens with zero attached hydrogens (tertiary/aromatic N) is 4. The molecule has 0 radical (unpaired) electrons. The molecule has 0 bridgehead atoms. The lowest BCUT2D eigenvalue weighted by Crippen LogP contribution is -2.25. The first-order valence-corrected chi connectivity index (χ1v) is 25.8. The van der Waals surface area contributed by atoms with Crippen molar-refractivity contribution >= 4 is 44.6 Å². The maximum Gasteiger partial charge on any atom is 0.137 e. The first-order valence-electron chi connectivity index (χ1n) is 25.8. The van der Waals surface area contributed by atoms with Gasteiger partial charge in [-0.3, -0.25) is 4.57 Å². The van der Waals surface area contributed by atoms with Gasteiger partial charge in [-0.1, -0.05) is 176 Å². The third-order valence-corrected chi connectivity index (χ3v) is 15.0. The van der Waals surface area contributed by atoms with Crippen LogP contribution in [0.25, 0.3) is 38.8 Å². The molecule has 0 fully saturated rings. The molecule has 3 heterocycles. The van der Waals surface area contributed by atoms with E-state index in [1.807, 2.05) is 6.20 Å². The van der Waals surface area contributed by atoms with Crippen molar-refractivity contribution in [2.75, 3.05) is 16.5 Å². The smallest absolute Gasteiger partial charge is 0.137 e. The van der Waals surface area contributed by atoms with Crippen molar-refractivity contribution in [1.29, 1.82) is 0 Å². The van der Waals surface area contributed by atoms with Gasteiger partial charge >= 0.3 is 0 Å². The van der Waals surface area contributed by atoms with E-state index in [9.17, 15) is 0 Å². The van der Waals surface area contributed by atoms with Crippen molar-refractivity contribution in [3.8, 4) is 28.4 Å². The molecule has 0 atom stereocenters. The Morgan fingerprint density at radius 2 is 0.986 bits per heavy atom. The fourth-order valence-corrected chi connectivity index (χ4v) is 10.3. The second kappa shape index (κ2) is 17.6. The van der Waals surface area contributed by atoms with E-state index in [0.29, 0.717) is 6.67 Å². The van der Waals surface area contributed by atoms with Gasteiger partial charge in [0, 0.05) is 45.9 Å². The molecule has 1 aliphatic rings. The molecule has 7 aromatic carbocycles. The second-order valence-corrected chi connectivity index (χ2v) is 24.8. The summed E-state index contributed by atoms with van der Waals surface area (Å²) in [5.41, 5.74) is 16.3. The van der Waals surface area contributed by atoms with Crippen molar-refractivity contribution in [3.63, 3.8) is 0 Å². The Morgan fingerprint density at radius 1 is 0.389 bits per heavy atom. The summed E-state index contributed by atoms with van der Waals surface area (Å²) in [4.78, 5) is 10.0. The lowest BCUT2D eigenvalue weighted by molar-refractivity contribution is 0.480. The first-order chi connectivity index (χ1) is 33.9. The molecule has 0 amide bonds. The summed E-state index contributed by atoms with van der Waals surface area (Å²) in [6.45, 7) is 32.7. The molecule has 0 saturated heterocycles. The molecule has 0 aliphatic carbocycles. The van der Waals surface area contributed by atoms with E-state index in [0.717, 1.165) is 34.0 Å². The largest absolute Gasteiger partial charge is 0.457 e. The van der Waals surface area contributed by atoms with Gasteiger partial charge in [-0.25, -0.2) is 4.98 Å². The summed E-state index contributed by atoms with van der Waals surface area (Å²) in [5.74, 6) is 2.44. The number of aromatic nitrogens is 2. The average Bonchev–Trinajstić information content (AvgIpc) is 3.89. The van der Waals surface area contributed by atoms with Crippen molar-refractivity contribution in [1.82, 2.24) is 9.55 Å². The van der Waals surface area contributed by atoms with Crippen LogP contribution in [0.5, 0.6) is 11.5 Å². The van der Waals surface area contributed by atoms with Crippen LogP contribution in [0.4, 0.5) is 22.7 Å². The standard InChI is InChI=1S/C67H72N4O/c1-63(2,3)47-25-29-58-57(38-47)56-28-27-54(42-60(56)71(58)62-40-49(31-32-68-62)65(7,8)9)72-55-37-51(67(13,14)46-23-19-16-20-24-46)36-53(41-55)70-43-69(59-30-26-48(39-61(59)70)64(4,5)6)52-34-45(44-21-17-15-18-22-44)33-50(35-52)66(10,11)12/h15-42H,43H2,1-14H3. The Balaban J connectivity index is 1.15. The number of anilines is 4. The van der Waals surface area contributed by atoms with Gasteiger partial charge < -0.3 is 14.5 Å². The van der Waals surface area contributed by atoms with Gasteiger partial charge in [0.1, 0.15) is 24.0 Å². The molecule has 2 aromatic heterocycles. The van der Waals surface area contributed by atoms with Crippen LogP contribution >= 0.6 is 0 Å². The van der Waals surface area contributed by atoms with Crippen molar-refractivity contribution in [3.05, 3.63) is 203 Å². The molecule has 5 nitrogen and oxygen atoms in total. The summed E-state index contributed by atoms with van der Waals surface area (Å²) < 4.78 is 9.54. The van der Waals surface area contributed by atoms with Gasteiger partial charge in [0.25, 0.3) is 0 Å². The zero-order chi connectivity index (χ0) is 51.1. The van der Waals surface area contributed by atoms with Crippen molar-refractivity contribution in [2.24, 2.45) is 0 Å². The van der Waals surface area contributed by atoms with Crippen LogP contribution < -0.4 is 14.5 Å². The summed E-state index contributed by atoms with van der Waals surface area (Å²) >= 11 is 0. The van der Waals surface area contributed by atoms with E-state index in [2.05, 4.69) is 275 Å². The van der Waals surface area contributed by atoms with E-state index < -0.39 is 0 Å². The number of rotatable bonds is 8. The maximum atomic E-state index is 7.22. The molecule has 366 valence electrons. The number of ether oxygens (including phenoxy) is 1. The Morgan fingerprint density at radius 3 is 1.67 bits per heavy atom. The van der Waals surface area contributed by atoms with Gasteiger partial charge in [-0.15, -0.1) is 0 Å². The predicted octanol–water partition coefficient (Wildman–Crippen LogP) is 18.4. The fourth-order valence-electron chi connectivity index (χ4n) is 10.3. The van der Waals surface area contributed by atoms with Crippen molar-refractivity contribution in [2.45, 2.75) is 124 Å². The Bertz CT molecular complexity index is 3480. The molecule has 5 heteroatoms. The highest BCUT2D eigenvalue weighted by Gasteiger charge is 2.33. The monoisotopic (exact) mass is 949 g/mol. The minimum atomic E-state index is -0.346. The third-order valence-electron chi connectivity index (χ3n) is 15.0. The molecule has 0 saturated carbocycles. The van der Waals surface area contributed by atoms with Gasteiger partial charge in [-0.2, -0.15) is 0 Å². The van der Waals surface area contributed by atoms with Crippen LogP contribution in [0.15, 0.2) is 170 Å². The topological polar surface area (TPSA) is 33.5 Å². The average molecular weight is 949 g/mol. The molecule has 9 aromatic rings. The fraction of sp³-hybridized carbons (Fsp3) is 0.299. The normalized spacial score (nSPS) is 13.6. The summed E-state index contributed by atoms with van der Waals surface area (Å²) in [6.07, 6.45) is 1.95. The molecular formula is C67H72N4O. The first kappa shape index (κ1) is 48.5. The van der Waals surface area contributed by atoms with Gasteiger partial charge in [-0.05, 0) is 139 Å². The zero-order valence-corrected chi connectivity index (χ0v) is 45.1. The lowest BCUT2D eigenvalue weighted by Gasteiger charge is -2.30. The van der Waals surface area contributed by atoms with Crippen LogP contribution in [0.1, 0.15) is 130 Å². The molecule has 0 spiro atoms.